The Morgan fingerprint density at radius 3 is 2.38 bits per heavy atom. The van der Waals surface area contributed by atoms with Crippen LogP contribution in [0.1, 0.15) is 73.5 Å². The lowest BCUT2D eigenvalue weighted by atomic mass is 9.96. The summed E-state index contributed by atoms with van der Waals surface area (Å²) >= 11 is 0. The number of H-pyrrole nitrogens is 1. The molecule has 1 aliphatic carbocycles. The number of carbonyl (C=O) groups is 1. The number of nitrogens with zero attached hydrogens (tertiary/aromatic N) is 2. The number of ether oxygens (including phenoxy) is 1. The molecule has 1 aliphatic rings. The smallest absolute Gasteiger partial charge is 0.255 e. The van der Waals surface area contributed by atoms with Crippen LogP contribution in [0, 0.1) is 13.8 Å². The van der Waals surface area contributed by atoms with E-state index in [4.69, 9.17) is 16.3 Å². The number of hydrazine groups is 1. The van der Waals surface area contributed by atoms with Crippen LogP contribution in [-0.2, 0) is 21.0 Å². The molecule has 11 nitrogen and oxygen atoms in total. The zero-order valence-corrected chi connectivity index (χ0v) is 26.4. The molecule has 1 aromatic heterocycles. The Balaban J connectivity index is 1.67. The number of hydrogen-bond donors (Lipinski definition) is 5. The molecule has 0 radical (unpaired) electrons. The normalized spacial score (nSPS) is 14.8. The van der Waals surface area contributed by atoms with E-state index >= 15 is 0 Å². The molecule has 226 valence electrons. The predicted molar refractivity (Wildman–Crippen MR) is 167 cm³/mol. The van der Waals surface area contributed by atoms with Gasteiger partial charge in [0.25, 0.3) is 11.7 Å². The fourth-order valence-electron chi connectivity index (χ4n) is 5.11. The SMILES string of the molecule is COc1c(NC(=O)c2ccc(C)c(N(N)/C=C(\N)c3c[nH]c(C)[n+]3C(C)(C)C)c2)cc(C2(C)CC2)cc1NS(C)(=O)=O. The lowest BCUT2D eigenvalue weighted by Crippen LogP contribution is -2.54. The van der Waals surface area contributed by atoms with Crippen LogP contribution in [0.2, 0.25) is 0 Å². The lowest BCUT2D eigenvalue weighted by molar-refractivity contribution is -0.759. The van der Waals surface area contributed by atoms with Gasteiger partial charge in [0.15, 0.2) is 11.4 Å². The predicted octanol–water partition coefficient (Wildman–Crippen LogP) is 4.00. The summed E-state index contributed by atoms with van der Waals surface area (Å²) in [5.41, 5.74) is 10.8. The Bertz CT molecular complexity index is 1670. The molecule has 0 atom stereocenters. The van der Waals surface area contributed by atoms with Gasteiger partial charge in [-0.05, 0) is 81.3 Å². The quantitative estimate of drug-likeness (QED) is 0.142. The first-order valence-electron chi connectivity index (χ1n) is 13.7. The van der Waals surface area contributed by atoms with Crippen molar-refractivity contribution in [2.45, 2.75) is 65.3 Å². The summed E-state index contributed by atoms with van der Waals surface area (Å²) < 4.78 is 34.3. The van der Waals surface area contributed by atoms with Crippen molar-refractivity contribution in [1.29, 1.82) is 0 Å². The number of methoxy groups -OCH3 is 1. The van der Waals surface area contributed by atoms with Crippen molar-refractivity contribution in [3.8, 4) is 5.75 Å². The van der Waals surface area contributed by atoms with Gasteiger partial charge in [0.1, 0.15) is 17.4 Å². The summed E-state index contributed by atoms with van der Waals surface area (Å²) in [5.74, 6) is 7.23. The van der Waals surface area contributed by atoms with Crippen LogP contribution in [0.4, 0.5) is 17.1 Å². The third-order valence-corrected chi connectivity index (χ3v) is 8.11. The molecule has 3 aromatic rings. The third kappa shape index (κ3) is 6.55. The van der Waals surface area contributed by atoms with Crippen molar-refractivity contribution in [3.63, 3.8) is 0 Å². The minimum absolute atomic E-state index is 0.0911. The Kier molecular flexibility index (Phi) is 8.09. The molecule has 1 fully saturated rings. The highest BCUT2D eigenvalue weighted by Gasteiger charge is 2.40. The summed E-state index contributed by atoms with van der Waals surface area (Å²) in [4.78, 5) is 16.8. The van der Waals surface area contributed by atoms with Gasteiger partial charge in [-0.15, -0.1) is 0 Å². The van der Waals surface area contributed by atoms with Crippen LogP contribution in [0.25, 0.3) is 5.70 Å². The fraction of sp³-hybridized carbons (Fsp3) is 0.400. The number of carbonyl (C=O) groups excluding carboxylic acids is 1. The first-order chi connectivity index (χ1) is 19.4. The second kappa shape index (κ2) is 11.0. The largest absolute Gasteiger partial charge is 0.492 e. The maximum absolute atomic E-state index is 13.5. The average molecular weight is 597 g/mol. The van der Waals surface area contributed by atoms with Crippen molar-refractivity contribution >= 4 is 38.7 Å². The second-order valence-corrected chi connectivity index (χ2v) is 14.0. The molecule has 7 N–H and O–H groups in total. The van der Waals surface area contributed by atoms with E-state index in [9.17, 15) is 13.2 Å². The van der Waals surface area contributed by atoms with Crippen molar-refractivity contribution in [3.05, 3.63) is 70.9 Å². The number of amides is 1. The topological polar surface area (TPSA) is 159 Å². The number of nitrogens with one attached hydrogen (secondary N) is 3. The lowest BCUT2D eigenvalue weighted by Gasteiger charge is -2.21. The van der Waals surface area contributed by atoms with E-state index in [1.54, 1.807) is 30.5 Å². The van der Waals surface area contributed by atoms with Gasteiger partial charge in [-0.2, -0.15) is 0 Å². The molecule has 0 unspecified atom stereocenters. The number of aromatic nitrogens is 2. The summed E-state index contributed by atoms with van der Waals surface area (Å²) in [6.45, 7) is 12.2. The van der Waals surface area contributed by atoms with E-state index < -0.39 is 15.9 Å². The van der Waals surface area contributed by atoms with Crippen molar-refractivity contribution in [2.24, 2.45) is 11.6 Å². The van der Waals surface area contributed by atoms with Crippen LogP contribution in [0.15, 0.2) is 42.7 Å². The Morgan fingerprint density at radius 2 is 1.81 bits per heavy atom. The van der Waals surface area contributed by atoms with Crippen molar-refractivity contribution < 1.29 is 22.5 Å². The van der Waals surface area contributed by atoms with Crippen LogP contribution >= 0.6 is 0 Å². The summed E-state index contributed by atoms with van der Waals surface area (Å²) in [7, 11) is -2.16. The van der Waals surface area contributed by atoms with Gasteiger partial charge in [-0.1, -0.05) is 13.0 Å². The number of aromatic amines is 1. The maximum atomic E-state index is 13.5. The van der Waals surface area contributed by atoms with E-state index in [0.29, 0.717) is 22.6 Å². The van der Waals surface area contributed by atoms with Gasteiger partial charge in [-0.3, -0.25) is 14.5 Å². The number of aryl methyl sites for hydroxylation is 2. The van der Waals surface area contributed by atoms with Gasteiger partial charge < -0.3 is 15.8 Å². The van der Waals surface area contributed by atoms with Gasteiger partial charge >= 0.3 is 0 Å². The Morgan fingerprint density at radius 1 is 1.17 bits per heavy atom. The van der Waals surface area contributed by atoms with Crippen molar-refractivity contribution in [1.82, 2.24) is 4.98 Å². The molecular weight excluding hydrogens is 554 g/mol. The molecule has 2 aromatic carbocycles. The molecular formula is C30H42N7O4S+. The summed E-state index contributed by atoms with van der Waals surface area (Å²) in [6.07, 6.45) is 6.47. The molecule has 0 bridgehead atoms. The molecule has 1 heterocycles. The zero-order chi connectivity index (χ0) is 31.2. The van der Waals surface area contributed by atoms with Crippen LogP contribution in [0.3, 0.4) is 0 Å². The zero-order valence-electron chi connectivity index (χ0n) is 25.5. The molecule has 0 saturated heterocycles. The summed E-state index contributed by atoms with van der Waals surface area (Å²) in [6, 6.07) is 8.80. The van der Waals surface area contributed by atoms with Crippen molar-refractivity contribution in [2.75, 3.05) is 28.4 Å². The standard InChI is InChI=1S/C30H41N7O4S/c1-18-9-10-20(13-25(18)36(32)17-22(31)26-16-33-19(2)37(26)29(3,4)5)28(38)34-23-14-21(30(6)11-12-30)15-24(27(23)41-7)35-42(8,39)40/h9-10,13-17,35H,11-12,31-32H2,1-8H3,(H,34,38)/p+1/b22-17-. The van der Waals surface area contributed by atoms with E-state index in [1.165, 1.54) is 12.1 Å². The molecule has 12 heteroatoms. The third-order valence-electron chi connectivity index (χ3n) is 7.52. The number of nitrogens with two attached hydrogens (primary N) is 2. The highest BCUT2D eigenvalue weighted by Crippen LogP contribution is 2.50. The van der Waals surface area contributed by atoms with Gasteiger partial charge in [-0.25, -0.2) is 23.8 Å². The van der Waals surface area contributed by atoms with Crippen LogP contribution in [-0.4, -0.2) is 32.7 Å². The van der Waals surface area contributed by atoms with E-state index in [2.05, 4.69) is 47.3 Å². The van der Waals surface area contributed by atoms with Crippen LogP contribution < -0.4 is 35.9 Å². The minimum Gasteiger partial charge on any atom is -0.492 e. The highest BCUT2D eigenvalue weighted by atomic mass is 32.2. The monoisotopic (exact) mass is 596 g/mol. The molecule has 1 amide bonds. The second-order valence-electron chi connectivity index (χ2n) is 12.3. The molecule has 1 saturated carbocycles. The van der Waals surface area contributed by atoms with E-state index in [0.717, 1.165) is 41.7 Å². The number of rotatable bonds is 9. The Hall–Kier alpha value is -4.03. The first-order valence-corrected chi connectivity index (χ1v) is 15.6. The van der Waals surface area contributed by atoms with Crippen LogP contribution in [0.5, 0.6) is 5.75 Å². The first kappa shape index (κ1) is 30.9. The van der Waals surface area contributed by atoms with E-state index in [-0.39, 0.29) is 22.4 Å². The minimum atomic E-state index is -3.59. The molecule has 0 aliphatic heterocycles. The van der Waals surface area contributed by atoms with E-state index in [1.807, 2.05) is 26.1 Å². The van der Waals surface area contributed by atoms with Gasteiger partial charge in [0.05, 0.1) is 30.4 Å². The average Bonchev–Trinajstić information content (AvgIpc) is 3.49. The number of hydrogen-bond acceptors (Lipinski definition) is 7. The molecule has 4 rings (SSSR count). The fourth-order valence-corrected chi connectivity index (χ4v) is 5.66. The summed E-state index contributed by atoms with van der Waals surface area (Å²) in [5, 5.41) is 4.32. The maximum Gasteiger partial charge on any atom is 0.255 e. The highest BCUT2D eigenvalue weighted by molar-refractivity contribution is 7.92. The number of benzene rings is 2. The molecule has 0 spiro atoms. The Labute approximate surface area is 248 Å². The number of sulfonamides is 1. The molecule has 42 heavy (non-hydrogen) atoms. The number of anilines is 3. The van der Waals surface area contributed by atoms with Gasteiger partial charge in [0.2, 0.25) is 10.0 Å². The number of imidazole rings is 1. The van der Waals surface area contributed by atoms with Gasteiger partial charge in [0, 0.05) is 18.7 Å².